The molecule has 0 aliphatic heterocycles. The van der Waals surface area contributed by atoms with Crippen LogP contribution in [-0.4, -0.2) is 11.6 Å². The van der Waals surface area contributed by atoms with E-state index < -0.39 is 0 Å². The average Bonchev–Trinajstić information content (AvgIpc) is 2.44. The molecule has 125 valence electrons. The summed E-state index contributed by atoms with van der Waals surface area (Å²) in [6.07, 6.45) is 20.5. The molecule has 1 atom stereocenters. The van der Waals surface area contributed by atoms with Gasteiger partial charge in [-0.3, -0.25) is 0 Å². The fourth-order valence-electron chi connectivity index (χ4n) is 2.85. The van der Waals surface area contributed by atoms with Crippen molar-refractivity contribution in [2.75, 3.05) is 0 Å². The second-order valence-corrected chi connectivity index (χ2v) is 6.99. The molecule has 0 aromatic heterocycles. The molecule has 0 rings (SSSR count). The number of hydrogen-bond donors (Lipinski definition) is 1. The number of unbranched alkanes of at least 4 members (excludes halogenated alkanes) is 8. The van der Waals surface area contributed by atoms with Gasteiger partial charge in [0.15, 0.2) is 0 Å². The minimum absolute atomic E-state index is 0.234. The molecule has 21 heavy (non-hydrogen) atoms. The van der Waals surface area contributed by atoms with E-state index in [1.807, 2.05) is 0 Å². The number of nitrogens with one attached hydrogen (secondary N) is 1. The van der Waals surface area contributed by atoms with E-state index in [1.165, 1.54) is 64.2 Å². The van der Waals surface area contributed by atoms with Gasteiger partial charge in [-0.1, -0.05) is 78.6 Å². The molecule has 0 aromatic rings. The molecule has 0 spiro atoms. The van der Waals surface area contributed by atoms with Gasteiger partial charge in [-0.2, -0.15) is 0 Å². The van der Waals surface area contributed by atoms with Gasteiger partial charge in [0, 0.05) is 11.6 Å². The highest BCUT2D eigenvalue weighted by Gasteiger charge is 2.20. The standard InChI is InChI=1S/C20H40N/c1-6-9-10-11-12-13-14-15-16-18-20(4,5)21-19(8-3)17-7-2/h7-8,17,19,21H,6,9-16,18H2,1-5H3. The van der Waals surface area contributed by atoms with Crippen LogP contribution < -0.4 is 5.32 Å². The molecule has 3 radical (unpaired) electrons. The van der Waals surface area contributed by atoms with Crippen LogP contribution in [0.1, 0.15) is 98.8 Å². The normalized spacial score (nSPS) is 13.6. The van der Waals surface area contributed by atoms with Crippen LogP contribution in [0.15, 0.2) is 0 Å². The van der Waals surface area contributed by atoms with Crippen LogP contribution in [0, 0.1) is 19.3 Å². The zero-order chi connectivity index (χ0) is 16.0. The Morgan fingerprint density at radius 3 is 1.86 bits per heavy atom. The minimum Gasteiger partial charge on any atom is -0.308 e. The maximum Gasteiger partial charge on any atom is 0.0135 e. The highest BCUT2D eigenvalue weighted by Crippen LogP contribution is 2.18. The van der Waals surface area contributed by atoms with Crippen LogP contribution in [0.3, 0.4) is 0 Å². The average molecular weight is 295 g/mol. The summed E-state index contributed by atoms with van der Waals surface area (Å²) < 4.78 is 0. The molecule has 1 N–H and O–H groups in total. The summed E-state index contributed by atoms with van der Waals surface area (Å²) in [5, 5.41) is 3.73. The van der Waals surface area contributed by atoms with Crippen molar-refractivity contribution in [3.63, 3.8) is 0 Å². The largest absolute Gasteiger partial charge is 0.308 e. The Morgan fingerprint density at radius 1 is 0.857 bits per heavy atom. The quantitative estimate of drug-likeness (QED) is 0.350. The zero-order valence-electron chi connectivity index (χ0n) is 15.4. The first kappa shape index (κ1) is 21.0. The van der Waals surface area contributed by atoms with E-state index in [0.29, 0.717) is 6.04 Å². The summed E-state index contributed by atoms with van der Waals surface area (Å²) in [7, 11) is 0. The highest BCUT2D eigenvalue weighted by atomic mass is 15.0. The van der Waals surface area contributed by atoms with E-state index in [4.69, 9.17) is 0 Å². The van der Waals surface area contributed by atoms with Crippen LogP contribution in [0.5, 0.6) is 0 Å². The monoisotopic (exact) mass is 294 g/mol. The Bertz CT molecular complexity index is 210. The van der Waals surface area contributed by atoms with Crippen LogP contribution >= 0.6 is 0 Å². The SMILES string of the molecule is C[CH][CH]C([CH]C)NC(C)(C)CCCCCCCCCCC. The van der Waals surface area contributed by atoms with Crippen molar-refractivity contribution in [1.82, 2.24) is 5.32 Å². The first-order valence-electron chi connectivity index (χ1n) is 9.25. The van der Waals surface area contributed by atoms with Gasteiger partial charge in [0.25, 0.3) is 0 Å². The third-order valence-electron chi connectivity index (χ3n) is 4.22. The summed E-state index contributed by atoms with van der Waals surface area (Å²) in [4.78, 5) is 0. The summed E-state index contributed by atoms with van der Waals surface area (Å²) in [5.74, 6) is 0. The maximum absolute atomic E-state index is 3.73. The molecular formula is C20H40N. The van der Waals surface area contributed by atoms with E-state index >= 15 is 0 Å². The molecule has 0 aromatic carbocycles. The lowest BCUT2D eigenvalue weighted by Gasteiger charge is -2.31. The summed E-state index contributed by atoms with van der Waals surface area (Å²) in [6, 6.07) is 0.406. The molecule has 0 saturated heterocycles. The van der Waals surface area contributed by atoms with Crippen LogP contribution in [0.25, 0.3) is 0 Å². The minimum atomic E-state index is 0.234. The van der Waals surface area contributed by atoms with Crippen LogP contribution in [0.4, 0.5) is 0 Å². The van der Waals surface area contributed by atoms with E-state index in [-0.39, 0.29) is 5.54 Å². The van der Waals surface area contributed by atoms with E-state index in [9.17, 15) is 0 Å². The molecule has 0 aliphatic rings. The number of rotatable bonds is 15. The lowest BCUT2D eigenvalue weighted by Crippen LogP contribution is -2.46. The Kier molecular flexibility index (Phi) is 13.6. The van der Waals surface area contributed by atoms with Gasteiger partial charge < -0.3 is 5.32 Å². The molecule has 1 heteroatoms. The first-order chi connectivity index (χ1) is 10.1. The Morgan fingerprint density at radius 2 is 1.38 bits per heavy atom. The summed E-state index contributed by atoms with van der Waals surface area (Å²) >= 11 is 0. The maximum atomic E-state index is 3.73. The van der Waals surface area contributed by atoms with Gasteiger partial charge in [-0.05, 0) is 39.5 Å². The van der Waals surface area contributed by atoms with Gasteiger partial charge >= 0.3 is 0 Å². The van der Waals surface area contributed by atoms with Gasteiger partial charge in [0.1, 0.15) is 0 Å². The Hall–Kier alpha value is -0.0400. The van der Waals surface area contributed by atoms with Crippen LogP contribution in [-0.2, 0) is 0 Å². The fourth-order valence-corrected chi connectivity index (χ4v) is 2.85. The van der Waals surface area contributed by atoms with Crippen molar-refractivity contribution < 1.29 is 0 Å². The van der Waals surface area contributed by atoms with Crippen molar-refractivity contribution in [2.24, 2.45) is 0 Å². The van der Waals surface area contributed by atoms with Crippen molar-refractivity contribution in [2.45, 2.75) is 110 Å². The van der Waals surface area contributed by atoms with Crippen molar-refractivity contribution in [3.8, 4) is 0 Å². The smallest absolute Gasteiger partial charge is 0.0135 e. The lowest BCUT2D eigenvalue weighted by molar-refractivity contribution is 0.330. The van der Waals surface area contributed by atoms with E-state index in [2.05, 4.69) is 59.2 Å². The molecule has 0 saturated carbocycles. The molecule has 0 heterocycles. The highest BCUT2D eigenvalue weighted by molar-refractivity contribution is 5.01. The van der Waals surface area contributed by atoms with E-state index in [1.54, 1.807) is 0 Å². The van der Waals surface area contributed by atoms with Gasteiger partial charge in [-0.25, -0.2) is 0 Å². The second-order valence-electron chi connectivity index (χ2n) is 6.99. The predicted octanol–water partition coefficient (Wildman–Crippen LogP) is 6.30. The zero-order valence-corrected chi connectivity index (χ0v) is 15.4. The van der Waals surface area contributed by atoms with Gasteiger partial charge in [0.2, 0.25) is 0 Å². The Balaban J connectivity index is 3.56. The molecule has 0 amide bonds. The molecule has 1 unspecified atom stereocenters. The fraction of sp³-hybridized carbons (Fsp3) is 0.850. The topological polar surface area (TPSA) is 12.0 Å². The van der Waals surface area contributed by atoms with Crippen LogP contribution in [0.2, 0.25) is 0 Å². The molecule has 1 nitrogen and oxygen atoms in total. The summed E-state index contributed by atoms with van der Waals surface area (Å²) in [5.41, 5.74) is 0.234. The van der Waals surface area contributed by atoms with Gasteiger partial charge in [-0.15, -0.1) is 0 Å². The third kappa shape index (κ3) is 13.4. The second kappa shape index (κ2) is 13.6. The van der Waals surface area contributed by atoms with Gasteiger partial charge in [0.05, 0.1) is 0 Å². The third-order valence-corrected chi connectivity index (χ3v) is 4.22. The van der Waals surface area contributed by atoms with E-state index in [0.717, 1.165) is 0 Å². The first-order valence-corrected chi connectivity index (χ1v) is 9.25. The molecule has 0 fully saturated rings. The van der Waals surface area contributed by atoms with Crippen molar-refractivity contribution >= 4 is 0 Å². The van der Waals surface area contributed by atoms with Crippen molar-refractivity contribution in [1.29, 1.82) is 0 Å². The predicted molar refractivity (Wildman–Crippen MR) is 97.1 cm³/mol. The Labute approximate surface area is 135 Å². The molecule has 0 aliphatic carbocycles. The number of hydrogen-bond acceptors (Lipinski definition) is 1. The molecular weight excluding hydrogens is 254 g/mol. The lowest BCUT2D eigenvalue weighted by atomic mass is 9.93. The molecule has 0 bridgehead atoms. The summed E-state index contributed by atoms with van der Waals surface area (Å²) in [6.45, 7) is 11.2. The van der Waals surface area contributed by atoms with Crippen molar-refractivity contribution in [3.05, 3.63) is 19.3 Å².